The molecule has 0 aromatic carbocycles. The van der Waals surface area contributed by atoms with Gasteiger partial charge in [-0.1, -0.05) is 0 Å². The van der Waals surface area contributed by atoms with E-state index in [-0.39, 0.29) is 24.0 Å². The van der Waals surface area contributed by atoms with E-state index >= 15 is 0 Å². The van der Waals surface area contributed by atoms with Crippen molar-refractivity contribution in [3.8, 4) is 0 Å². The van der Waals surface area contributed by atoms with Crippen LogP contribution in [0.25, 0.3) is 0 Å². The number of rotatable bonds is 4. The molecule has 1 spiro atoms. The Labute approximate surface area is 126 Å². The fraction of sp³-hybridized carbons (Fsp3) is 0.923. The zero-order valence-corrected chi connectivity index (χ0v) is 13.4. The van der Waals surface area contributed by atoms with Crippen LogP contribution in [0, 0.1) is 5.41 Å². The maximum Gasteiger partial charge on any atom is 0.246 e. The van der Waals surface area contributed by atoms with Gasteiger partial charge in [0.25, 0.3) is 0 Å². The molecule has 0 radical (unpaired) electrons. The number of ether oxygens (including phenoxy) is 2. The Hall–Kier alpha value is -0.700. The van der Waals surface area contributed by atoms with Crippen LogP contribution in [0.3, 0.4) is 0 Å². The molecule has 0 saturated carbocycles. The van der Waals surface area contributed by atoms with Crippen molar-refractivity contribution in [1.29, 1.82) is 0 Å². The molecule has 2 rings (SSSR count). The summed E-state index contributed by atoms with van der Waals surface area (Å²) >= 11 is 0. The average molecular weight is 320 g/mol. The molecule has 2 aliphatic rings. The third-order valence-corrected chi connectivity index (χ3v) is 5.87. The highest BCUT2D eigenvalue weighted by Crippen LogP contribution is 2.41. The van der Waals surface area contributed by atoms with Gasteiger partial charge in [0.2, 0.25) is 15.9 Å². The van der Waals surface area contributed by atoms with Crippen LogP contribution in [0.15, 0.2) is 0 Å². The van der Waals surface area contributed by atoms with E-state index in [9.17, 15) is 13.2 Å². The van der Waals surface area contributed by atoms with E-state index in [1.165, 1.54) is 17.7 Å². The van der Waals surface area contributed by atoms with Crippen LogP contribution in [0.2, 0.25) is 0 Å². The van der Waals surface area contributed by atoms with Gasteiger partial charge < -0.3 is 14.8 Å². The SMILES string of the molecule is COCC(=O)N[C@@H]1COCCC12CCN(S(C)(=O)=O)CC2. The largest absolute Gasteiger partial charge is 0.379 e. The maximum absolute atomic E-state index is 11.8. The lowest BCUT2D eigenvalue weighted by atomic mass is 9.69. The van der Waals surface area contributed by atoms with Crippen molar-refractivity contribution in [1.82, 2.24) is 9.62 Å². The van der Waals surface area contributed by atoms with Gasteiger partial charge in [0, 0.05) is 26.8 Å². The number of amides is 1. The number of carbonyl (C=O) groups is 1. The number of methoxy groups -OCH3 is 1. The van der Waals surface area contributed by atoms with Crippen LogP contribution in [-0.4, -0.2) is 70.9 Å². The zero-order valence-electron chi connectivity index (χ0n) is 12.6. The minimum Gasteiger partial charge on any atom is -0.379 e. The first-order valence-electron chi connectivity index (χ1n) is 7.18. The van der Waals surface area contributed by atoms with Crippen molar-refractivity contribution >= 4 is 15.9 Å². The molecule has 0 aromatic heterocycles. The van der Waals surface area contributed by atoms with Crippen molar-refractivity contribution in [2.45, 2.75) is 25.3 Å². The summed E-state index contributed by atoms with van der Waals surface area (Å²) in [5.74, 6) is -0.155. The van der Waals surface area contributed by atoms with E-state index in [0.717, 1.165) is 19.3 Å². The molecule has 1 N–H and O–H groups in total. The summed E-state index contributed by atoms with van der Waals surface area (Å²) in [7, 11) is -1.65. The third-order valence-electron chi connectivity index (χ3n) is 4.57. The quantitative estimate of drug-likeness (QED) is 0.760. The molecule has 2 fully saturated rings. The van der Waals surface area contributed by atoms with Gasteiger partial charge in [0.05, 0.1) is 18.9 Å². The van der Waals surface area contributed by atoms with Gasteiger partial charge in [-0.05, 0) is 24.7 Å². The minimum absolute atomic E-state index is 0.0298. The van der Waals surface area contributed by atoms with Gasteiger partial charge in [0.1, 0.15) is 6.61 Å². The molecule has 2 heterocycles. The van der Waals surface area contributed by atoms with Crippen LogP contribution in [0.4, 0.5) is 0 Å². The highest BCUT2D eigenvalue weighted by Gasteiger charge is 2.45. The highest BCUT2D eigenvalue weighted by molar-refractivity contribution is 7.88. The topological polar surface area (TPSA) is 84.9 Å². The van der Waals surface area contributed by atoms with Crippen molar-refractivity contribution < 1.29 is 22.7 Å². The van der Waals surface area contributed by atoms with Crippen LogP contribution in [-0.2, 0) is 24.3 Å². The number of piperidine rings is 1. The Kier molecular flexibility index (Phi) is 5.24. The summed E-state index contributed by atoms with van der Waals surface area (Å²) in [6, 6.07) is -0.0735. The number of nitrogens with one attached hydrogen (secondary N) is 1. The lowest BCUT2D eigenvalue weighted by Crippen LogP contribution is -2.58. The summed E-state index contributed by atoms with van der Waals surface area (Å²) in [6.45, 7) is 2.19. The van der Waals surface area contributed by atoms with Crippen molar-refractivity contribution in [2.24, 2.45) is 5.41 Å². The van der Waals surface area contributed by atoms with Gasteiger partial charge >= 0.3 is 0 Å². The number of carbonyl (C=O) groups excluding carboxylic acids is 1. The molecule has 21 heavy (non-hydrogen) atoms. The predicted octanol–water partition coefficient (Wildman–Crippen LogP) is -0.420. The number of sulfonamides is 1. The Morgan fingerprint density at radius 2 is 2.05 bits per heavy atom. The standard InChI is InChI=1S/C13H24N2O5S/c1-19-10-12(16)14-11-9-20-8-5-13(11)3-6-15(7-4-13)21(2,17)18/h11H,3-10H2,1-2H3,(H,14,16)/t11-/m1/s1. The number of nitrogens with zero attached hydrogens (tertiary/aromatic N) is 1. The Balaban J connectivity index is 2.03. The second-order valence-electron chi connectivity index (χ2n) is 5.90. The fourth-order valence-electron chi connectivity index (χ4n) is 3.25. The molecular weight excluding hydrogens is 296 g/mol. The maximum atomic E-state index is 11.8. The fourth-order valence-corrected chi connectivity index (χ4v) is 4.10. The molecule has 0 aromatic rings. The van der Waals surface area contributed by atoms with Crippen LogP contribution >= 0.6 is 0 Å². The van der Waals surface area contributed by atoms with E-state index in [4.69, 9.17) is 9.47 Å². The van der Waals surface area contributed by atoms with E-state index in [0.29, 0.717) is 26.3 Å². The molecular formula is C13H24N2O5S. The van der Waals surface area contributed by atoms with Crippen molar-refractivity contribution in [3.05, 3.63) is 0 Å². The second kappa shape index (κ2) is 6.60. The first kappa shape index (κ1) is 16.7. The molecule has 8 heteroatoms. The second-order valence-corrected chi connectivity index (χ2v) is 7.88. The molecule has 2 saturated heterocycles. The van der Waals surface area contributed by atoms with Crippen molar-refractivity contribution in [2.75, 3.05) is 46.3 Å². The molecule has 1 amide bonds. The summed E-state index contributed by atoms with van der Waals surface area (Å²) < 4.78 is 35.1. The number of hydrogen-bond donors (Lipinski definition) is 1. The molecule has 0 unspecified atom stereocenters. The first-order valence-corrected chi connectivity index (χ1v) is 9.03. The molecule has 7 nitrogen and oxygen atoms in total. The lowest BCUT2D eigenvalue weighted by Gasteiger charge is -2.48. The molecule has 1 atom stereocenters. The Morgan fingerprint density at radius 1 is 1.38 bits per heavy atom. The van der Waals surface area contributed by atoms with E-state index in [1.807, 2.05) is 0 Å². The van der Waals surface area contributed by atoms with Gasteiger partial charge in [-0.3, -0.25) is 4.79 Å². The van der Waals surface area contributed by atoms with Crippen molar-refractivity contribution in [3.63, 3.8) is 0 Å². The van der Waals surface area contributed by atoms with E-state index in [2.05, 4.69) is 5.32 Å². The molecule has 122 valence electrons. The first-order chi connectivity index (χ1) is 9.87. The van der Waals surface area contributed by atoms with Crippen LogP contribution in [0.1, 0.15) is 19.3 Å². The van der Waals surface area contributed by atoms with E-state index in [1.54, 1.807) is 0 Å². The highest BCUT2D eigenvalue weighted by atomic mass is 32.2. The Bertz CT molecular complexity index is 471. The average Bonchev–Trinajstić information content (AvgIpc) is 2.41. The van der Waals surface area contributed by atoms with E-state index < -0.39 is 10.0 Å². The predicted molar refractivity (Wildman–Crippen MR) is 77.3 cm³/mol. The summed E-state index contributed by atoms with van der Waals surface area (Å²) in [4.78, 5) is 11.8. The summed E-state index contributed by atoms with van der Waals surface area (Å²) in [6.07, 6.45) is 3.60. The smallest absolute Gasteiger partial charge is 0.246 e. The molecule has 0 bridgehead atoms. The van der Waals surface area contributed by atoms with Gasteiger partial charge in [-0.2, -0.15) is 0 Å². The molecule has 0 aliphatic carbocycles. The lowest BCUT2D eigenvalue weighted by molar-refractivity contribution is -0.129. The zero-order chi connectivity index (χ0) is 15.5. The van der Waals surface area contributed by atoms with Gasteiger partial charge in [0.15, 0.2) is 0 Å². The molecule has 2 aliphatic heterocycles. The monoisotopic (exact) mass is 320 g/mol. The third kappa shape index (κ3) is 3.94. The normalized spacial score (nSPS) is 26.7. The minimum atomic E-state index is -3.14. The number of hydrogen-bond acceptors (Lipinski definition) is 5. The van der Waals surface area contributed by atoms with Crippen LogP contribution < -0.4 is 5.32 Å². The summed E-state index contributed by atoms with van der Waals surface area (Å²) in [5.41, 5.74) is -0.0666. The Morgan fingerprint density at radius 3 is 2.62 bits per heavy atom. The van der Waals surface area contributed by atoms with Gasteiger partial charge in [-0.25, -0.2) is 12.7 Å². The summed E-state index contributed by atoms with van der Waals surface area (Å²) in [5, 5.41) is 2.98. The van der Waals surface area contributed by atoms with Gasteiger partial charge in [-0.15, -0.1) is 0 Å². The van der Waals surface area contributed by atoms with Crippen LogP contribution in [0.5, 0.6) is 0 Å².